The zero-order chi connectivity index (χ0) is 29.3. The number of hydrogen-bond acceptors (Lipinski definition) is 4. The van der Waals surface area contributed by atoms with Gasteiger partial charge in [0, 0.05) is 35.7 Å². The highest BCUT2D eigenvalue weighted by molar-refractivity contribution is 6.31. The summed E-state index contributed by atoms with van der Waals surface area (Å²) < 4.78 is 11.1. The Bertz CT molecular complexity index is 1340. The lowest BCUT2D eigenvalue weighted by atomic mass is 9.44. The lowest BCUT2D eigenvalue weighted by Crippen LogP contribution is -2.63. The highest BCUT2D eigenvalue weighted by atomic mass is 35.5. The number of ether oxygens (including phenoxy) is 2. The second kappa shape index (κ2) is 10.4. The minimum absolute atomic E-state index is 0.106. The number of carbonyl (C=O) groups is 1. The summed E-state index contributed by atoms with van der Waals surface area (Å²) in [5, 5.41) is 11.1. The topological polar surface area (TPSA) is 59.0 Å². The monoisotopic (exact) mass is 579 g/mol. The van der Waals surface area contributed by atoms with Crippen LogP contribution in [0, 0.1) is 41.4 Å². The Labute approximate surface area is 250 Å². The summed E-state index contributed by atoms with van der Waals surface area (Å²) in [5.74, 6) is 4.95. The Morgan fingerprint density at radius 2 is 1.78 bits per heavy atom. The van der Waals surface area contributed by atoms with Gasteiger partial charge < -0.3 is 19.5 Å². The number of amides is 1. The predicted octanol–water partition coefficient (Wildman–Crippen LogP) is 8.13. The van der Waals surface area contributed by atoms with Gasteiger partial charge in [0.2, 0.25) is 5.91 Å². The number of methoxy groups -OCH3 is 2. The number of rotatable bonds is 5. The molecule has 3 saturated carbocycles. The molecule has 6 rings (SSSR count). The zero-order valence-corrected chi connectivity index (χ0v) is 26.3. The molecule has 5 nitrogen and oxygen atoms in total. The molecular weight excluding hydrogens is 534 g/mol. The van der Waals surface area contributed by atoms with Crippen LogP contribution in [0.25, 0.3) is 0 Å². The lowest BCUT2D eigenvalue weighted by Gasteiger charge is -2.64. The molecule has 1 aliphatic heterocycles. The van der Waals surface area contributed by atoms with Crippen LogP contribution < -0.4 is 9.47 Å². The van der Waals surface area contributed by atoms with Gasteiger partial charge in [0.15, 0.2) is 0 Å². The number of benzene rings is 2. The third kappa shape index (κ3) is 4.44. The van der Waals surface area contributed by atoms with Crippen molar-refractivity contribution in [3.8, 4) is 17.2 Å². The van der Waals surface area contributed by atoms with Crippen LogP contribution in [-0.2, 0) is 11.3 Å². The normalized spacial score (nSPS) is 36.4. The van der Waals surface area contributed by atoms with E-state index in [1.165, 1.54) is 24.8 Å². The average Bonchev–Trinajstić information content (AvgIpc) is 3.30. The van der Waals surface area contributed by atoms with E-state index < -0.39 is 0 Å². The van der Waals surface area contributed by atoms with Crippen LogP contribution in [0.3, 0.4) is 0 Å². The maximum Gasteiger partial charge on any atom is 0.223 e. The standard InChI is InChI=1S/C35H46ClNO4/c1-20-15-31-35(4,14-12-32(39)37(31)19-22-7-8-24(40-5)18-30(22)41-6)28-11-13-34(3)26(9-10-27(34)33(20)28)25-16-23(38)17-29(36)21(25)2/h7-8,16-18,20,26-28,31,33,38H,9-15,19H2,1-6H3/t20?,26?,27-,28+,31?,33-,34+,35+/m0/s1. The highest BCUT2D eigenvalue weighted by Gasteiger charge is 2.63. The Morgan fingerprint density at radius 1 is 1.02 bits per heavy atom. The molecule has 4 fully saturated rings. The molecule has 8 atom stereocenters. The molecule has 6 heteroatoms. The van der Waals surface area contributed by atoms with Crippen LogP contribution in [0.5, 0.6) is 17.2 Å². The van der Waals surface area contributed by atoms with E-state index >= 15 is 0 Å². The van der Waals surface area contributed by atoms with Crippen molar-refractivity contribution in [3.63, 3.8) is 0 Å². The van der Waals surface area contributed by atoms with E-state index in [1.807, 2.05) is 24.3 Å². The van der Waals surface area contributed by atoms with E-state index in [4.69, 9.17) is 21.1 Å². The Kier molecular flexibility index (Phi) is 7.28. The van der Waals surface area contributed by atoms with Crippen LogP contribution in [0.4, 0.5) is 0 Å². The van der Waals surface area contributed by atoms with Crippen LogP contribution in [0.2, 0.25) is 5.02 Å². The Morgan fingerprint density at radius 3 is 2.51 bits per heavy atom. The van der Waals surface area contributed by atoms with Crippen LogP contribution in [-0.4, -0.2) is 36.2 Å². The molecule has 4 aliphatic rings. The fourth-order valence-electron chi connectivity index (χ4n) is 10.2. The van der Waals surface area contributed by atoms with Gasteiger partial charge in [-0.3, -0.25) is 4.79 Å². The van der Waals surface area contributed by atoms with Gasteiger partial charge in [0.05, 0.1) is 14.2 Å². The lowest BCUT2D eigenvalue weighted by molar-refractivity contribution is -0.170. The van der Waals surface area contributed by atoms with Gasteiger partial charge in [-0.1, -0.05) is 32.4 Å². The number of piperidine rings is 1. The van der Waals surface area contributed by atoms with E-state index in [0.717, 1.165) is 41.9 Å². The SMILES string of the molecule is COc1ccc(CN2C(=O)CC[C@@]3(C)C2CC(C)[C@@H]2[C@H]3CC[C@]3(C)C(c4cc(O)cc(Cl)c4C)CC[C@@H]23)c(OC)c1. The van der Waals surface area contributed by atoms with Crippen molar-refractivity contribution < 1.29 is 19.4 Å². The maximum absolute atomic E-state index is 13.5. The van der Waals surface area contributed by atoms with Crippen LogP contribution in [0.1, 0.15) is 88.3 Å². The fraction of sp³-hybridized carbons (Fsp3) is 0.629. The molecule has 1 saturated heterocycles. The predicted molar refractivity (Wildman–Crippen MR) is 163 cm³/mol. The van der Waals surface area contributed by atoms with E-state index in [9.17, 15) is 9.90 Å². The first-order chi connectivity index (χ1) is 19.5. The molecule has 2 aromatic carbocycles. The smallest absolute Gasteiger partial charge is 0.223 e. The molecule has 0 radical (unpaired) electrons. The molecule has 0 spiro atoms. The minimum Gasteiger partial charge on any atom is -0.508 e. The zero-order valence-electron chi connectivity index (χ0n) is 25.5. The first-order valence-electron chi connectivity index (χ1n) is 15.5. The summed E-state index contributed by atoms with van der Waals surface area (Å²) in [6.07, 6.45) is 7.42. The van der Waals surface area contributed by atoms with Crippen molar-refractivity contribution in [2.24, 2.45) is 34.5 Å². The summed E-state index contributed by atoms with van der Waals surface area (Å²) in [4.78, 5) is 15.7. The van der Waals surface area contributed by atoms with Gasteiger partial charge in [-0.05, 0) is 121 Å². The molecule has 1 heterocycles. The molecule has 0 aromatic heterocycles. The minimum atomic E-state index is 0.106. The van der Waals surface area contributed by atoms with Gasteiger partial charge in [0.25, 0.3) is 0 Å². The summed E-state index contributed by atoms with van der Waals surface area (Å²) in [7, 11) is 3.35. The number of likely N-dealkylation sites (tertiary alicyclic amines) is 1. The number of phenolic OH excluding ortho intramolecular Hbond substituents is 1. The number of carbonyl (C=O) groups excluding carboxylic acids is 1. The summed E-state index contributed by atoms with van der Waals surface area (Å²) in [6, 6.07) is 9.82. The van der Waals surface area contributed by atoms with E-state index in [-0.39, 0.29) is 28.5 Å². The molecule has 3 aliphatic carbocycles. The van der Waals surface area contributed by atoms with Crippen molar-refractivity contribution >= 4 is 17.5 Å². The van der Waals surface area contributed by atoms with Gasteiger partial charge in [-0.15, -0.1) is 0 Å². The second-order valence-corrected chi connectivity index (χ2v) is 14.4. The molecule has 0 bridgehead atoms. The number of aromatic hydroxyl groups is 1. The number of fused-ring (bicyclic) bond motifs is 5. The number of halogens is 1. The largest absolute Gasteiger partial charge is 0.508 e. The van der Waals surface area contributed by atoms with E-state index in [1.54, 1.807) is 20.3 Å². The molecule has 1 N–H and O–H groups in total. The molecular formula is C35H46ClNO4. The van der Waals surface area contributed by atoms with Crippen molar-refractivity contribution in [2.75, 3.05) is 14.2 Å². The summed E-state index contributed by atoms with van der Waals surface area (Å²) in [5.41, 5.74) is 3.71. The third-order valence-electron chi connectivity index (χ3n) is 12.3. The highest BCUT2D eigenvalue weighted by Crippen LogP contribution is 2.69. The Hall–Kier alpha value is -2.40. The molecule has 1 amide bonds. The first-order valence-corrected chi connectivity index (χ1v) is 15.9. The van der Waals surface area contributed by atoms with Crippen LogP contribution >= 0.6 is 11.6 Å². The average molecular weight is 580 g/mol. The number of hydrogen-bond donors (Lipinski definition) is 1. The van der Waals surface area contributed by atoms with Crippen LogP contribution in [0.15, 0.2) is 30.3 Å². The van der Waals surface area contributed by atoms with E-state index in [0.29, 0.717) is 47.6 Å². The molecule has 2 aromatic rings. The molecule has 3 unspecified atom stereocenters. The van der Waals surface area contributed by atoms with Crippen molar-refractivity contribution in [1.29, 1.82) is 0 Å². The van der Waals surface area contributed by atoms with Gasteiger partial charge in [-0.25, -0.2) is 0 Å². The molecule has 41 heavy (non-hydrogen) atoms. The Balaban J connectivity index is 1.30. The maximum atomic E-state index is 13.5. The first kappa shape index (κ1) is 28.7. The summed E-state index contributed by atoms with van der Waals surface area (Å²) >= 11 is 6.56. The van der Waals surface area contributed by atoms with Crippen molar-refractivity contribution in [1.82, 2.24) is 4.90 Å². The summed E-state index contributed by atoms with van der Waals surface area (Å²) in [6.45, 7) is 10.2. The molecule has 222 valence electrons. The van der Waals surface area contributed by atoms with Crippen molar-refractivity contribution in [2.45, 2.75) is 91.1 Å². The second-order valence-electron chi connectivity index (χ2n) is 14.0. The fourth-order valence-corrected chi connectivity index (χ4v) is 10.5. The van der Waals surface area contributed by atoms with Gasteiger partial charge >= 0.3 is 0 Å². The number of nitrogens with zero attached hydrogens (tertiary/aromatic N) is 1. The third-order valence-corrected chi connectivity index (χ3v) is 12.7. The number of phenols is 1. The van der Waals surface area contributed by atoms with Crippen molar-refractivity contribution in [3.05, 3.63) is 52.0 Å². The van der Waals surface area contributed by atoms with Gasteiger partial charge in [-0.2, -0.15) is 0 Å². The van der Waals surface area contributed by atoms with Gasteiger partial charge in [0.1, 0.15) is 17.2 Å². The van der Waals surface area contributed by atoms with E-state index in [2.05, 4.69) is 32.6 Å². The quantitative estimate of drug-likeness (QED) is 0.388.